The van der Waals surface area contributed by atoms with Crippen LogP contribution in [0.5, 0.6) is 0 Å². The first-order chi connectivity index (χ1) is 6.33. The highest BCUT2D eigenvalue weighted by Gasteiger charge is 2.32. The van der Waals surface area contributed by atoms with Gasteiger partial charge in [-0.1, -0.05) is 26.2 Å². The molecule has 1 nitrogen and oxygen atoms in total. The number of hydrogen-bond donors (Lipinski definition) is 1. The highest BCUT2D eigenvalue weighted by atomic mass is 35.5. The second kappa shape index (κ2) is 5.87. The molecule has 0 amide bonds. The molecule has 2 heteroatoms. The lowest BCUT2D eigenvalue weighted by Crippen LogP contribution is -2.34. The molecule has 0 aliphatic heterocycles. The first kappa shape index (κ1) is 11.3. The van der Waals surface area contributed by atoms with E-state index in [4.69, 9.17) is 11.6 Å². The van der Waals surface area contributed by atoms with Gasteiger partial charge in [0.1, 0.15) is 0 Å². The van der Waals surface area contributed by atoms with Crippen molar-refractivity contribution in [3.63, 3.8) is 0 Å². The van der Waals surface area contributed by atoms with Crippen LogP contribution < -0.4 is 5.32 Å². The molecule has 1 rings (SSSR count). The zero-order valence-electron chi connectivity index (χ0n) is 8.74. The third kappa shape index (κ3) is 3.47. The molecule has 1 fully saturated rings. The number of alkyl halides is 1. The minimum atomic E-state index is 0.440. The molecule has 0 aromatic carbocycles. The van der Waals surface area contributed by atoms with Crippen LogP contribution in [0.1, 0.15) is 45.4 Å². The van der Waals surface area contributed by atoms with Gasteiger partial charge in [-0.25, -0.2) is 0 Å². The van der Waals surface area contributed by atoms with E-state index in [0.717, 1.165) is 19.0 Å². The Morgan fingerprint density at radius 2 is 2.00 bits per heavy atom. The van der Waals surface area contributed by atoms with Crippen molar-refractivity contribution in [3.05, 3.63) is 0 Å². The molecule has 13 heavy (non-hydrogen) atoms. The van der Waals surface area contributed by atoms with Crippen molar-refractivity contribution in [3.8, 4) is 0 Å². The maximum absolute atomic E-state index is 6.04. The highest BCUT2D eigenvalue weighted by Crippen LogP contribution is 2.38. The zero-order valence-corrected chi connectivity index (χ0v) is 9.50. The number of nitrogens with one attached hydrogen (secondary N) is 1. The molecule has 1 aliphatic rings. The Labute approximate surface area is 87.2 Å². The Hall–Kier alpha value is 0.250. The van der Waals surface area contributed by atoms with Gasteiger partial charge < -0.3 is 5.32 Å². The predicted octanol–water partition coefficient (Wildman–Crippen LogP) is 3.18. The maximum Gasteiger partial charge on any atom is 0.0292 e. The van der Waals surface area contributed by atoms with Gasteiger partial charge in [0.2, 0.25) is 0 Å². The molecule has 0 spiro atoms. The van der Waals surface area contributed by atoms with Gasteiger partial charge in [0, 0.05) is 12.4 Å². The van der Waals surface area contributed by atoms with Gasteiger partial charge in [-0.2, -0.15) is 0 Å². The van der Waals surface area contributed by atoms with Crippen LogP contribution in [0, 0.1) is 5.41 Å². The van der Waals surface area contributed by atoms with Gasteiger partial charge >= 0.3 is 0 Å². The van der Waals surface area contributed by atoms with Crippen LogP contribution in [0.4, 0.5) is 0 Å². The lowest BCUT2D eigenvalue weighted by atomic mass is 9.88. The second-order valence-electron chi connectivity index (χ2n) is 4.37. The maximum atomic E-state index is 6.04. The van der Waals surface area contributed by atoms with Gasteiger partial charge in [0.25, 0.3) is 0 Å². The molecule has 78 valence electrons. The van der Waals surface area contributed by atoms with Crippen molar-refractivity contribution in [2.75, 3.05) is 19.0 Å². The summed E-state index contributed by atoms with van der Waals surface area (Å²) in [6.07, 6.45) is 7.98. The summed E-state index contributed by atoms with van der Waals surface area (Å²) in [6, 6.07) is 0. The summed E-state index contributed by atoms with van der Waals surface area (Å²) < 4.78 is 0. The third-order valence-electron chi connectivity index (χ3n) is 3.15. The number of halogens is 1. The molecule has 0 atom stereocenters. The quantitative estimate of drug-likeness (QED) is 0.517. The van der Waals surface area contributed by atoms with Crippen LogP contribution in [-0.4, -0.2) is 19.0 Å². The second-order valence-corrected chi connectivity index (χ2v) is 4.64. The van der Waals surface area contributed by atoms with E-state index >= 15 is 0 Å². The lowest BCUT2D eigenvalue weighted by molar-refractivity contribution is 0.320. The predicted molar refractivity (Wildman–Crippen MR) is 59.4 cm³/mol. The number of unbranched alkanes of at least 4 members (excludes halogenated alkanes) is 1. The van der Waals surface area contributed by atoms with E-state index in [-0.39, 0.29) is 0 Å². The lowest BCUT2D eigenvalue weighted by Gasteiger charge is -2.26. The van der Waals surface area contributed by atoms with E-state index in [1.165, 1.54) is 38.5 Å². The summed E-state index contributed by atoms with van der Waals surface area (Å²) in [5.74, 6) is 0.839. The summed E-state index contributed by atoms with van der Waals surface area (Å²) in [5, 5.41) is 3.54. The third-order valence-corrected chi connectivity index (χ3v) is 3.72. The van der Waals surface area contributed by atoms with Crippen LogP contribution in [0.3, 0.4) is 0 Å². The van der Waals surface area contributed by atoms with Gasteiger partial charge in [-0.05, 0) is 31.2 Å². The van der Waals surface area contributed by atoms with Crippen LogP contribution in [0.2, 0.25) is 0 Å². The summed E-state index contributed by atoms with van der Waals surface area (Å²) in [4.78, 5) is 0. The van der Waals surface area contributed by atoms with E-state index in [0.29, 0.717) is 5.41 Å². The van der Waals surface area contributed by atoms with Crippen molar-refractivity contribution in [1.29, 1.82) is 0 Å². The van der Waals surface area contributed by atoms with Crippen molar-refractivity contribution in [2.45, 2.75) is 45.4 Å². The Balaban J connectivity index is 2.16. The summed E-state index contributed by atoms with van der Waals surface area (Å²) in [7, 11) is 0. The average Bonchev–Trinajstić information content (AvgIpc) is 2.62. The van der Waals surface area contributed by atoms with E-state index in [1.807, 2.05) is 0 Å². The Kier molecular flexibility index (Phi) is 5.12. The van der Waals surface area contributed by atoms with Crippen LogP contribution in [0.25, 0.3) is 0 Å². The van der Waals surface area contributed by atoms with Gasteiger partial charge in [0.15, 0.2) is 0 Å². The average molecular weight is 204 g/mol. The minimum Gasteiger partial charge on any atom is -0.316 e. The van der Waals surface area contributed by atoms with Gasteiger partial charge in [-0.3, -0.25) is 0 Å². The molecule has 0 unspecified atom stereocenters. The standard InChI is InChI=1S/C11H22ClN/c1-2-3-8-13-10-11(9-12)6-4-5-7-11/h13H,2-10H2,1H3. The van der Waals surface area contributed by atoms with E-state index in [9.17, 15) is 0 Å². The molecule has 1 aliphatic carbocycles. The van der Waals surface area contributed by atoms with E-state index < -0.39 is 0 Å². The Bertz CT molecular complexity index is 130. The van der Waals surface area contributed by atoms with Crippen molar-refractivity contribution < 1.29 is 0 Å². The molecule has 0 aromatic heterocycles. The highest BCUT2D eigenvalue weighted by molar-refractivity contribution is 6.18. The van der Waals surface area contributed by atoms with Crippen molar-refractivity contribution >= 4 is 11.6 Å². The van der Waals surface area contributed by atoms with Crippen LogP contribution >= 0.6 is 11.6 Å². The van der Waals surface area contributed by atoms with Crippen LogP contribution in [0.15, 0.2) is 0 Å². The topological polar surface area (TPSA) is 12.0 Å². The van der Waals surface area contributed by atoms with Crippen molar-refractivity contribution in [1.82, 2.24) is 5.32 Å². The van der Waals surface area contributed by atoms with E-state index in [2.05, 4.69) is 12.2 Å². The molecule has 1 N–H and O–H groups in total. The number of rotatable bonds is 6. The first-order valence-electron chi connectivity index (χ1n) is 5.60. The minimum absolute atomic E-state index is 0.440. The molecular weight excluding hydrogens is 182 g/mol. The first-order valence-corrected chi connectivity index (χ1v) is 6.13. The van der Waals surface area contributed by atoms with Crippen molar-refractivity contribution in [2.24, 2.45) is 5.41 Å². The largest absolute Gasteiger partial charge is 0.316 e. The monoisotopic (exact) mass is 203 g/mol. The van der Waals surface area contributed by atoms with Gasteiger partial charge in [0.05, 0.1) is 0 Å². The fourth-order valence-electron chi connectivity index (χ4n) is 2.14. The molecule has 0 aromatic rings. The van der Waals surface area contributed by atoms with E-state index in [1.54, 1.807) is 0 Å². The fourth-order valence-corrected chi connectivity index (χ4v) is 2.50. The Morgan fingerprint density at radius 3 is 2.54 bits per heavy atom. The van der Waals surface area contributed by atoms with Crippen LogP contribution in [-0.2, 0) is 0 Å². The fraction of sp³-hybridized carbons (Fsp3) is 1.00. The molecule has 0 saturated heterocycles. The SMILES string of the molecule is CCCCNCC1(CCl)CCCC1. The number of hydrogen-bond acceptors (Lipinski definition) is 1. The van der Waals surface area contributed by atoms with Gasteiger partial charge in [-0.15, -0.1) is 11.6 Å². The molecule has 0 heterocycles. The summed E-state index contributed by atoms with van der Waals surface area (Å²) in [5.41, 5.74) is 0.440. The molecule has 1 saturated carbocycles. The normalized spacial score (nSPS) is 20.8. The molecule has 0 radical (unpaired) electrons. The molecule has 0 bridgehead atoms. The summed E-state index contributed by atoms with van der Waals surface area (Å²) >= 11 is 6.04. The zero-order chi connectivity index (χ0) is 9.57. The smallest absolute Gasteiger partial charge is 0.0292 e. The molecular formula is C11H22ClN. The summed E-state index contributed by atoms with van der Waals surface area (Å²) in [6.45, 7) is 4.53. The Morgan fingerprint density at radius 1 is 1.31 bits per heavy atom.